The van der Waals surface area contributed by atoms with Gasteiger partial charge in [-0.05, 0) is 24.3 Å². The molecule has 0 bridgehead atoms. The number of fused-ring (bicyclic) bond motifs is 3. The van der Waals surface area contributed by atoms with E-state index in [-0.39, 0.29) is 17.1 Å². The van der Waals surface area contributed by atoms with Crippen LogP contribution < -0.4 is 16.6 Å². The molecule has 7 nitrogen and oxygen atoms in total. The smallest absolute Gasteiger partial charge is 0.290 e. The predicted molar refractivity (Wildman–Crippen MR) is 99.6 cm³/mol. The predicted octanol–water partition coefficient (Wildman–Crippen LogP) is 2.85. The van der Waals surface area contributed by atoms with Crippen molar-refractivity contribution in [3.05, 3.63) is 71.6 Å². The summed E-state index contributed by atoms with van der Waals surface area (Å²) in [6.45, 7) is 0. The highest BCUT2D eigenvalue weighted by Gasteiger charge is 2.19. The van der Waals surface area contributed by atoms with Crippen molar-refractivity contribution in [2.45, 2.75) is 0 Å². The number of carbonyl (C=O) groups excluding carboxylic acids is 2. The fourth-order valence-corrected chi connectivity index (χ4v) is 2.92. The van der Waals surface area contributed by atoms with Crippen molar-refractivity contribution in [3.8, 4) is 0 Å². The van der Waals surface area contributed by atoms with Crippen LogP contribution in [0.1, 0.15) is 21.0 Å². The summed E-state index contributed by atoms with van der Waals surface area (Å²) in [4.78, 5) is 31.4. The van der Waals surface area contributed by atoms with E-state index in [9.17, 15) is 18.4 Å². The van der Waals surface area contributed by atoms with Gasteiger partial charge in [0.05, 0.1) is 11.2 Å². The van der Waals surface area contributed by atoms with E-state index in [1.165, 1.54) is 18.2 Å². The van der Waals surface area contributed by atoms with Gasteiger partial charge in [-0.25, -0.2) is 13.8 Å². The lowest BCUT2D eigenvalue weighted by Crippen LogP contribution is -2.31. The number of nitrogens with zero attached hydrogens (tertiary/aromatic N) is 1. The lowest BCUT2D eigenvalue weighted by Gasteiger charge is -2.10. The summed E-state index contributed by atoms with van der Waals surface area (Å²) in [5, 5.41) is 1.36. The van der Waals surface area contributed by atoms with Gasteiger partial charge in [0.2, 0.25) is 0 Å². The lowest BCUT2D eigenvalue weighted by molar-refractivity contribution is 0.0959. The number of benzene rings is 2. The van der Waals surface area contributed by atoms with Crippen LogP contribution in [0.15, 0.2) is 48.5 Å². The fraction of sp³-hybridized carbons (Fsp3) is 0. The quantitative estimate of drug-likeness (QED) is 0.407. The summed E-state index contributed by atoms with van der Waals surface area (Å²) in [7, 11) is 0. The molecule has 4 aromatic rings. The van der Waals surface area contributed by atoms with Crippen LogP contribution in [-0.4, -0.2) is 21.8 Å². The van der Waals surface area contributed by atoms with E-state index in [4.69, 9.17) is 5.73 Å². The number of anilines is 1. The highest BCUT2D eigenvalue weighted by atomic mass is 19.2. The summed E-state index contributed by atoms with van der Waals surface area (Å²) in [5.74, 6) is -3.77. The Labute approximate surface area is 156 Å². The number of carbonyl (C=O) groups is 2. The van der Waals surface area contributed by atoms with E-state index in [0.29, 0.717) is 10.9 Å². The van der Waals surface area contributed by atoms with Crippen LogP contribution in [0, 0.1) is 11.6 Å². The molecule has 5 N–H and O–H groups in total. The summed E-state index contributed by atoms with van der Waals surface area (Å²) in [5.41, 5.74) is 10.5. The molecule has 140 valence electrons. The first-order valence-electron chi connectivity index (χ1n) is 8.17. The number of halogens is 2. The number of primary amides is 1. The molecule has 0 spiro atoms. The zero-order valence-corrected chi connectivity index (χ0v) is 14.2. The first kappa shape index (κ1) is 17.4. The van der Waals surface area contributed by atoms with Gasteiger partial charge in [-0.1, -0.05) is 24.3 Å². The third-order valence-electron chi connectivity index (χ3n) is 4.23. The fourth-order valence-electron chi connectivity index (χ4n) is 2.92. The van der Waals surface area contributed by atoms with Gasteiger partial charge in [-0.3, -0.25) is 20.4 Å². The van der Waals surface area contributed by atoms with Crippen LogP contribution in [0.5, 0.6) is 0 Å². The minimum Gasteiger partial charge on any atom is -0.364 e. The Bertz CT molecular complexity index is 1250. The van der Waals surface area contributed by atoms with Crippen molar-refractivity contribution in [1.29, 1.82) is 0 Å². The minimum atomic E-state index is -1.14. The van der Waals surface area contributed by atoms with Gasteiger partial charge in [-0.2, -0.15) is 0 Å². The number of aromatic amines is 1. The third-order valence-corrected chi connectivity index (χ3v) is 4.23. The summed E-state index contributed by atoms with van der Waals surface area (Å²) < 4.78 is 27.0. The molecule has 9 heteroatoms. The molecule has 0 atom stereocenters. The molecule has 0 aliphatic carbocycles. The molecule has 28 heavy (non-hydrogen) atoms. The molecule has 0 fully saturated rings. The van der Waals surface area contributed by atoms with E-state index in [2.05, 4.69) is 20.8 Å². The standard InChI is InChI=1S/C19H13F2N5O2/c20-11-5-3-7-13(15(11)21)25-26-19(28)17-16-10(8-14(24-17)18(22)27)9-4-1-2-6-12(9)23-16/h1-8,23,25H,(H2,22,27)(H,26,28). The van der Waals surface area contributed by atoms with Gasteiger partial charge < -0.3 is 10.7 Å². The van der Waals surface area contributed by atoms with Crippen molar-refractivity contribution in [1.82, 2.24) is 15.4 Å². The number of hydrogen-bond acceptors (Lipinski definition) is 4. The lowest BCUT2D eigenvalue weighted by atomic mass is 10.1. The topological polar surface area (TPSA) is 113 Å². The molecule has 0 saturated carbocycles. The Morgan fingerprint density at radius 2 is 1.82 bits per heavy atom. The van der Waals surface area contributed by atoms with Gasteiger partial charge in [0.1, 0.15) is 5.69 Å². The second kappa shape index (κ2) is 6.62. The monoisotopic (exact) mass is 381 g/mol. The Kier molecular flexibility index (Phi) is 4.11. The van der Waals surface area contributed by atoms with Crippen LogP contribution in [-0.2, 0) is 0 Å². The number of rotatable bonds is 4. The zero-order valence-electron chi connectivity index (χ0n) is 14.2. The van der Waals surface area contributed by atoms with Crippen molar-refractivity contribution >= 4 is 39.3 Å². The number of nitrogens with two attached hydrogens (primary N) is 1. The Hall–Kier alpha value is -4.01. The molecule has 2 aromatic heterocycles. The Morgan fingerprint density at radius 1 is 1.04 bits per heavy atom. The number of nitrogens with one attached hydrogen (secondary N) is 3. The highest BCUT2D eigenvalue weighted by Crippen LogP contribution is 2.27. The Morgan fingerprint density at radius 3 is 2.61 bits per heavy atom. The van der Waals surface area contributed by atoms with E-state index in [0.717, 1.165) is 17.0 Å². The van der Waals surface area contributed by atoms with Gasteiger partial charge in [-0.15, -0.1) is 0 Å². The van der Waals surface area contributed by atoms with Gasteiger partial charge in [0.25, 0.3) is 11.8 Å². The SMILES string of the molecule is NC(=O)c1cc2c([nH]c3ccccc32)c(C(=O)NNc2cccc(F)c2F)n1. The number of pyridine rings is 1. The largest absolute Gasteiger partial charge is 0.364 e. The molecule has 0 saturated heterocycles. The molecule has 0 aliphatic heterocycles. The molecular weight excluding hydrogens is 368 g/mol. The summed E-state index contributed by atoms with van der Waals surface area (Å²) in [6.07, 6.45) is 0. The number of H-pyrrole nitrogens is 1. The minimum absolute atomic E-state index is 0.0978. The highest BCUT2D eigenvalue weighted by molar-refractivity contribution is 6.15. The second-order valence-electron chi connectivity index (χ2n) is 5.99. The average molecular weight is 381 g/mol. The molecular formula is C19H13F2N5O2. The summed E-state index contributed by atoms with van der Waals surface area (Å²) >= 11 is 0. The van der Waals surface area contributed by atoms with Crippen LogP contribution >= 0.6 is 0 Å². The van der Waals surface area contributed by atoms with Crippen LogP contribution in [0.25, 0.3) is 21.8 Å². The van der Waals surface area contributed by atoms with E-state index < -0.39 is 23.4 Å². The van der Waals surface area contributed by atoms with E-state index in [1.54, 1.807) is 6.07 Å². The van der Waals surface area contributed by atoms with Gasteiger partial charge in [0, 0.05) is 16.3 Å². The van der Waals surface area contributed by atoms with Gasteiger partial charge in [0.15, 0.2) is 17.3 Å². The van der Waals surface area contributed by atoms with Crippen molar-refractivity contribution in [2.75, 3.05) is 5.43 Å². The van der Waals surface area contributed by atoms with E-state index in [1.807, 2.05) is 18.2 Å². The molecule has 0 aliphatic rings. The third kappa shape index (κ3) is 2.88. The molecule has 4 rings (SSSR count). The maximum Gasteiger partial charge on any atom is 0.290 e. The van der Waals surface area contributed by atoms with Gasteiger partial charge >= 0.3 is 0 Å². The maximum absolute atomic E-state index is 13.7. The number of aromatic nitrogens is 2. The van der Waals surface area contributed by atoms with Crippen LogP contribution in [0.3, 0.4) is 0 Å². The van der Waals surface area contributed by atoms with E-state index >= 15 is 0 Å². The second-order valence-corrected chi connectivity index (χ2v) is 5.99. The summed E-state index contributed by atoms with van der Waals surface area (Å²) in [6, 6.07) is 12.2. The van der Waals surface area contributed by atoms with Crippen LogP contribution in [0.2, 0.25) is 0 Å². The number of hydrazine groups is 1. The Balaban J connectivity index is 1.77. The number of para-hydroxylation sites is 1. The van der Waals surface area contributed by atoms with Crippen molar-refractivity contribution in [3.63, 3.8) is 0 Å². The number of amides is 2. The molecule has 0 radical (unpaired) electrons. The van der Waals surface area contributed by atoms with Crippen molar-refractivity contribution < 1.29 is 18.4 Å². The molecule has 2 heterocycles. The normalized spacial score (nSPS) is 10.9. The van der Waals surface area contributed by atoms with Crippen molar-refractivity contribution in [2.24, 2.45) is 5.73 Å². The first-order valence-corrected chi connectivity index (χ1v) is 8.17. The molecule has 0 unspecified atom stereocenters. The zero-order chi connectivity index (χ0) is 19.8. The number of hydrogen-bond donors (Lipinski definition) is 4. The maximum atomic E-state index is 13.7. The molecule has 2 aromatic carbocycles. The van der Waals surface area contributed by atoms with Crippen LogP contribution in [0.4, 0.5) is 14.5 Å². The molecule has 2 amide bonds. The average Bonchev–Trinajstić information content (AvgIpc) is 3.06. The first-order chi connectivity index (χ1) is 13.5.